The molecule has 1 aliphatic carbocycles. The minimum Gasteiger partial charge on any atom is -0.489 e. The van der Waals surface area contributed by atoms with E-state index in [0.717, 1.165) is 25.0 Å². The minimum atomic E-state index is 0.198. The third-order valence-electron chi connectivity index (χ3n) is 3.62. The van der Waals surface area contributed by atoms with E-state index in [0.29, 0.717) is 0 Å². The number of ether oxygens (including phenoxy) is 1. The molecule has 0 spiro atoms. The fourth-order valence-electron chi connectivity index (χ4n) is 2.43. The molecule has 2 heteroatoms. The van der Waals surface area contributed by atoms with Gasteiger partial charge in [0.1, 0.15) is 11.9 Å². The van der Waals surface area contributed by atoms with Crippen LogP contribution in [0.25, 0.3) is 0 Å². The molecule has 1 aromatic carbocycles. The minimum absolute atomic E-state index is 0.198. The van der Waals surface area contributed by atoms with Crippen molar-refractivity contribution in [3.8, 4) is 5.75 Å². The maximum absolute atomic E-state index is 6.16. The lowest BCUT2D eigenvalue weighted by Crippen LogP contribution is -2.37. The SMILES string of the molecule is CCc1ccc(OC2CCCCCC2N)cc1. The lowest BCUT2D eigenvalue weighted by molar-refractivity contribution is 0.163. The van der Waals surface area contributed by atoms with Crippen LogP contribution in [0.2, 0.25) is 0 Å². The van der Waals surface area contributed by atoms with Gasteiger partial charge in [-0.1, -0.05) is 31.9 Å². The van der Waals surface area contributed by atoms with E-state index in [-0.39, 0.29) is 12.1 Å². The van der Waals surface area contributed by atoms with Crippen molar-refractivity contribution >= 4 is 0 Å². The maximum atomic E-state index is 6.16. The molecular weight excluding hydrogens is 210 g/mol. The van der Waals surface area contributed by atoms with Crippen molar-refractivity contribution in [3.05, 3.63) is 29.8 Å². The Bertz CT molecular complexity index is 333. The van der Waals surface area contributed by atoms with Crippen LogP contribution in [0.1, 0.15) is 44.6 Å². The predicted octanol–water partition coefficient (Wildman–Crippen LogP) is 3.29. The molecule has 17 heavy (non-hydrogen) atoms. The maximum Gasteiger partial charge on any atom is 0.119 e. The first kappa shape index (κ1) is 12.4. The molecule has 1 saturated carbocycles. The van der Waals surface area contributed by atoms with E-state index in [1.165, 1.54) is 24.8 Å². The van der Waals surface area contributed by atoms with Crippen molar-refractivity contribution in [2.45, 2.75) is 57.6 Å². The summed E-state index contributed by atoms with van der Waals surface area (Å²) < 4.78 is 6.02. The summed E-state index contributed by atoms with van der Waals surface area (Å²) in [6.07, 6.45) is 7.24. The third-order valence-corrected chi connectivity index (χ3v) is 3.62. The Hall–Kier alpha value is -1.02. The second-order valence-electron chi connectivity index (χ2n) is 4.96. The molecule has 1 aliphatic rings. The average molecular weight is 233 g/mol. The smallest absolute Gasteiger partial charge is 0.119 e. The highest BCUT2D eigenvalue weighted by Crippen LogP contribution is 2.22. The Morgan fingerprint density at radius 2 is 1.82 bits per heavy atom. The highest BCUT2D eigenvalue weighted by molar-refractivity contribution is 5.27. The first-order valence-electron chi connectivity index (χ1n) is 6.81. The number of hydrogen-bond acceptors (Lipinski definition) is 2. The van der Waals surface area contributed by atoms with E-state index in [1.54, 1.807) is 0 Å². The van der Waals surface area contributed by atoms with Crippen LogP contribution in [0.15, 0.2) is 24.3 Å². The van der Waals surface area contributed by atoms with Crippen molar-refractivity contribution in [2.75, 3.05) is 0 Å². The molecule has 2 atom stereocenters. The van der Waals surface area contributed by atoms with Crippen LogP contribution in [0.4, 0.5) is 0 Å². The molecule has 0 aromatic heterocycles. The van der Waals surface area contributed by atoms with Crippen LogP contribution in [-0.2, 0) is 6.42 Å². The van der Waals surface area contributed by atoms with Crippen LogP contribution in [0, 0.1) is 0 Å². The average Bonchev–Trinajstić information content (AvgIpc) is 2.56. The second-order valence-corrected chi connectivity index (χ2v) is 4.96. The van der Waals surface area contributed by atoms with Gasteiger partial charge < -0.3 is 10.5 Å². The fourth-order valence-corrected chi connectivity index (χ4v) is 2.43. The summed E-state index contributed by atoms with van der Waals surface area (Å²) in [5.41, 5.74) is 7.51. The Labute approximate surface area is 104 Å². The van der Waals surface area contributed by atoms with E-state index in [2.05, 4.69) is 31.2 Å². The summed E-state index contributed by atoms with van der Waals surface area (Å²) >= 11 is 0. The van der Waals surface area contributed by atoms with E-state index in [1.807, 2.05) is 0 Å². The number of benzene rings is 1. The zero-order valence-electron chi connectivity index (χ0n) is 10.7. The van der Waals surface area contributed by atoms with E-state index in [9.17, 15) is 0 Å². The van der Waals surface area contributed by atoms with Gasteiger partial charge in [0.05, 0.1) is 0 Å². The van der Waals surface area contributed by atoms with Crippen molar-refractivity contribution in [1.82, 2.24) is 0 Å². The Morgan fingerprint density at radius 3 is 2.53 bits per heavy atom. The summed E-state index contributed by atoms with van der Waals surface area (Å²) in [5, 5.41) is 0. The van der Waals surface area contributed by atoms with Gasteiger partial charge in [0.2, 0.25) is 0 Å². The van der Waals surface area contributed by atoms with Crippen molar-refractivity contribution in [3.63, 3.8) is 0 Å². The zero-order valence-corrected chi connectivity index (χ0v) is 10.7. The molecular formula is C15H23NO. The van der Waals surface area contributed by atoms with Crippen LogP contribution >= 0.6 is 0 Å². The zero-order chi connectivity index (χ0) is 12.1. The fraction of sp³-hybridized carbons (Fsp3) is 0.600. The standard InChI is InChI=1S/C15H23NO/c1-2-12-8-10-13(11-9-12)17-15-7-5-3-4-6-14(15)16/h8-11,14-15H,2-7,16H2,1H3. The lowest BCUT2D eigenvalue weighted by atomic mass is 10.1. The predicted molar refractivity (Wildman–Crippen MR) is 71.3 cm³/mol. The topological polar surface area (TPSA) is 35.2 Å². The number of hydrogen-bond donors (Lipinski definition) is 1. The molecule has 0 saturated heterocycles. The second kappa shape index (κ2) is 6.06. The number of rotatable bonds is 3. The molecule has 94 valence electrons. The summed E-state index contributed by atoms with van der Waals surface area (Å²) in [6, 6.07) is 8.60. The van der Waals surface area contributed by atoms with Gasteiger partial charge in [-0.25, -0.2) is 0 Å². The van der Waals surface area contributed by atoms with Gasteiger partial charge in [0, 0.05) is 6.04 Å². The highest BCUT2D eigenvalue weighted by atomic mass is 16.5. The van der Waals surface area contributed by atoms with Crippen LogP contribution < -0.4 is 10.5 Å². The highest BCUT2D eigenvalue weighted by Gasteiger charge is 2.21. The molecule has 2 N–H and O–H groups in total. The van der Waals surface area contributed by atoms with E-state index < -0.39 is 0 Å². The van der Waals surface area contributed by atoms with Gasteiger partial charge in [-0.3, -0.25) is 0 Å². The molecule has 2 nitrogen and oxygen atoms in total. The van der Waals surface area contributed by atoms with Crippen LogP contribution in [0.5, 0.6) is 5.75 Å². The first-order chi connectivity index (χ1) is 8.29. The molecule has 0 radical (unpaired) electrons. The molecule has 2 rings (SSSR count). The number of nitrogens with two attached hydrogens (primary N) is 1. The molecule has 0 bridgehead atoms. The van der Waals surface area contributed by atoms with Crippen molar-refractivity contribution < 1.29 is 4.74 Å². The van der Waals surface area contributed by atoms with Gasteiger partial charge in [-0.05, 0) is 43.4 Å². The summed E-state index contributed by atoms with van der Waals surface area (Å²) in [6.45, 7) is 2.16. The van der Waals surface area contributed by atoms with Gasteiger partial charge in [0.25, 0.3) is 0 Å². The van der Waals surface area contributed by atoms with Gasteiger partial charge in [-0.2, -0.15) is 0 Å². The molecule has 0 aliphatic heterocycles. The molecule has 2 unspecified atom stereocenters. The Kier molecular flexibility index (Phi) is 4.43. The number of aryl methyl sites for hydroxylation is 1. The van der Waals surface area contributed by atoms with Crippen molar-refractivity contribution in [1.29, 1.82) is 0 Å². The largest absolute Gasteiger partial charge is 0.489 e. The van der Waals surface area contributed by atoms with E-state index in [4.69, 9.17) is 10.5 Å². The first-order valence-corrected chi connectivity index (χ1v) is 6.81. The summed E-state index contributed by atoms with van der Waals surface area (Å²) in [7, 11) is 0. The molecule has 1 aromatic rings. The normalized spacial score (nSPS) is 25.3. The quantitative estimate of drug-likeness (QED) is 0.813. The van der Waals surface area contributed by atoms with Gasteiger partial charge in [0.15, 0.2) is 0 Å². The van der Waals surface area contributed by atoms with Gasteiger partial charge in [-0.15, -0.1) is 0 Å². The van der Waals surface area contributed by atoms with Crippen LogP contribution in [0.3, 0.4) is 0 Å². The van der Waals surface area contributed by atoms with Crippen molar-refractivity contribution in [2.24, 2.45) is 5.73 Å². The lowest BCUT2D eigenvalue weighted by Gasteiger charge is -2.23. The van der Waals surface area contributed by atoms with Gasteiger partial charge >= 0.3 is 0 Å². The molecule has 1 fully saturated rings. The summed E-state index contributed by atoms with van der Waals surface area (Å²) in [4.78, 5) is 0. The Balaban J connectivity index is 1.98. The third kappa shape index (κ3) is 3.47. The molecule has 0 amide bonds. The Morgan fingerprint density at radius 1 is 1.12 bits per heavy atom. The summed E-state index contributed by atoms with van der Waals surface area (Å²) in [5.74, 6) is 0.963. The molecule has 0 heterocycles. The van der Waals surface area contributed by atoms with E-state index >= 15 is 0 Å². The monoisotopic (exact) mass is 233 g/mol. The van der Waals surface area contributed by atoms with Crippen LogP contribution in [-0.4, -0.2) is 12.1 Å².